The summed E-state index contributed by atoms with van der Waals surface area (Å²) in [7, 11) is 0. The summed E-state index contributed by atoms with van der Waals surface area (Å²) in [5, 5.41) is 20.3. The third kappa shape index (κ3) is 1.60. The van der Waals surface area contributed by atoms with E-state index in [1.807, 2.05) is 12.1 Å². The number of rotatable bonds is 0. The quantitative estimate of drug-likeness (QED) is 0.726. The molecular weight excluding hydrogens is 312 g/mol. The van der Waals surface area contributed by atoms with Gasteiger partial charge >= 0.3 is 0 Å². The Morgan fingerprint density at radius 3 is 1.43 bits per heavy atom. The number of halogens is 2. The van der Waals surface area contributed by atoms with Crippen LogP contribution in [-0.2, 0) is 0 Å². The van der Waals surface area contributed by atoms with Crippen LogP contribution < -0.4 is 0 Å². The molecule has 0 saturated carbocycles. The van der Waals surface area contributed by atoms with Gasteiger partial charge in [0.15, 0.2) is 11.5 Å². The SMILES string of the molecule is Oc1cc2cc(Br)c(Br)cc2cc1O. The van der Waals surface area contributed by atoms with Gasteiger partial charge in [0.1, 0.15) is 0 Å². The number of aromatic hydroxyl groups is 2. The third-order valence-electron chi connectivity index (χ3n) is 1.97. The van der Waals surface area contributed by atoms with E-state index in [9.17, 15) is 10.2 Å². The largest absolute Gasteiger partial charge is 0.504 e. The molecule has 0 heterocycles. The molecule has 14 heavy (non-hydrogen) atoms. The molecule has 0 aliphatic carbocycles. The lowest BCUT2D eigenvalue weighted by Gasteiger charge is -2.03. The van der Waals surface area contributed by atoms with Crippen molar-refractivity contribution in [1.29, 1.82) is 0 Å². The van der Waals surface area contributed by atoms with E-state index in [2.05, 4.69) is 31.9 Å². The molecule has 0 atom stereocenters. The molecule has 0 unspecified atom stereocenters. The molecule has 72 valence electrons. The van der Waals surface area contributed by atoms with Crippen molar-refractivity contribution in [3.63, 3.8) is 0 Å². The van der Waals surface area contributed by atoms with Crippen LogP contribution in [0.25, 0.3) is 10.8 Å². The van der Waals surface area contributed by atoms with Crippen LogP contribution in [0.3, 0.4) is 0 Å². The fourth-order valence-corrected chi connectivity index (χ4v) is 1.99. The van der Waals surface area contributed by atoms with Crippen molar-refractivity contribution < 1.29 is 10.2 Å². The Morgan fingerprint density at radius 2 is 1.07 bits per heavy atom. The van der Waals surface area contributed by atoms with Crippen LogP contribution in [0.15, 0.2) is 33.2 Å². The first-order chi connectivity index (χ1) is 6.58. The first-order valence-electron chi connectivity index (χ1n) is 3.88. The molecule has 0 amide bonds. The summed E-state index contributed by atoms with van der Waals surface area (Å²) in [6.45, 7) is 0. The van der Waals surface area contributed by atoms with Crippen LogP contribution in [-0.4, -0.2) is 10.2 Å². The van der Waals surface area contributed by atoms with Crippen LogP contribution in [0.4, 0.5) is 0 Å². The molecule has 0 aliphatic rings. The molecular formula is C10H6Br2O2. The Bertz CT molecular complexity index is 420. The lowest BCUT2D eigenvalue weighted by atomic mass is 10.1. The van der Waals surface area contributed by atoms with Crippen LogP contribution in [0.5, 0.6) is 11.5 Å². The Kier molecular flexibility index (Phi) is 2.41. The first-order valence-corrected chi connectivity index (χ1v) is 5.47. The van der Waals surface area contributed by atoms with E-state index in [4.69, 9.17) is 0 Å². The van der Waals surface area contributed by atoms with Gasteiger partial charge in [-0.15, -0.1) is 0 Å². The second kappa shape index (κ2) is 3.44. The number of fused-ring (bicyclic) bond motifs is 1. The molecule has 0 spiro atoms. The van der Waals surface area contributed by atoms with Crippen LogP contribution in [0.2, 0.25) is 0 Å². The van der Waals surface area contributed by atoms with E-state index in [1.54, 1.807) is 0 Å². The number of phenolic OH excluding ortho intramolecular Hbond substituents is 2. The fourth-order valence-electron chi connectivity index (χ4n) is 1.27. The van der Waals surface area contributed by atoms with Crippen molar-refractivity contribution in [2.24, 2.45) is 0 Å². The summed E-state index contributed by atoms with van der Waals surface area (Å²) in [5.74, 6) is -0.210. The van der Waals surface area contributed by atoms with Gasteiger partial charge in [-0.05, 0) is 66.9 Å². The minimum Gasteiger partial charge on any atom is -0.504 e. The van der Waals surface area contributed by atoms with Crippen LogP contribution in [0.1, 0.15) is 0 Å². The Labute approximate surface area is 97.4 Å². The monoisotopic (exact) mass is 316 g/mol. The van der Waals surface area contributed by atoms with Crippen LogP contribution >= 0.6 is 31.9 Å². The second-order valence-corrected chi connectivity index (χ2v) is 4.66. The molecule has 0 aromatic heterocycles. The zero-order chi connectivity index (χ0) is 10.3. The van der Waals surface area contributed by atoms with E-state index in [1.165, 1.54) is 12.1 Å². The normalized spacial score (nSPS) is 10.7. The van der Waals surface area contributed by atoms with Gasteiger partial charge in [0, 0.05) is 8.95 Å². The topological polar surface area (TPSA) is 40.5 Å². The molecule has 4 heteroatoms. The number of hydrogen-bond donors (Lipinski definition) is 2. The molecule has 0 fully saturated rings. The molecule has 2 N–H and O–H groups in total. The van der Waals surface area contributed by atoms with Gasteiger partial charge in [-0.25, -0.2) is 0 Å². The minimum atomic E-state index is -0.105. The minimum absolute atomic E-state index is 0.105. The van der Waals surface area contributed by atoms with Gasteiger partial charge in [-0.3, -0.25) is 0 Å². The lowest BCUT2D eigenvalue weighted by molar-refractivity contribution is 0.405. The predicted octanol–water partition coefficient (Wildman–Crippen LogP) is 3.78. The highest BCUT2D eigenvalue weighted by atomic mass is 79.9. The van der Waals surface area contributed by atoms with E-state index >= 15 is 0 Å². The molecule has 2 nitrogen and oxygen atoms in total. The second-order valence-electron chi connectivity index (χ2n) is 2.95. The highest BCUT2D eigenvalue weighted by Crippen LogP contribution is 2.34. The lowest BCUT2D eigenvalue weighted by Crippen LogP contribution is -1.76. The van der Waals surface area contributed by atoms with Gasteiger partial charge in [-0.2, -0.15) is 0 Å². The molecule has 0 saturated heterocycles. The van der Waals surface area contributed by atoms with Crippen molar-refractivity contribution in [3.05, 3.63) is 33.2 Å². The summed E-state index contributed by atoms with van der Waals surface area (Å²) in [6, 6.07) is 6.81. The summed E-state index contributed by atoms with van der Waals surface area (Å²) < 4.78 is 1.82. The Morgan fingerprint density at radius 1 is 0.714 bits per heavy atom. The average Bonchev–Trinajstić information content (AvgIpc) is 2.11. The van der Waals surface area contributed by atoms with Gasteiger partial charge in [-0.1, -0.05) is 0 Å². The maximum Gasteiger partial charge on any atom is 0.158 e. The maximum absolute atomic E-state index is 9.30. The number of benzene rings is 2. The van der Waals surface area contributed by atoms with E-state index in [0.29, 0.717) is 0 Å². The highest BCUT2D eigenvalue weighted by Gasteiger charge is 2.04. The van der Waals surface area contributed by atoms with E-state index in [-0.39, 0.29) is 11.5 Å². The maximum atomic E-state index is 9.30. The number of hydrogen-bond acceptors (Lipinski definition) is 2. The van der Waals surface area contributed by atoms with Crippen molar-refractivity contribution in [3.8, 4) is 11.5 Å². The summed E-state index contributed by atoms with van der Waals surface area (Å²) in [5.41, 5.74) is 0. The van der Waals surface area contributed by atoms with Crippen molar-refractivity contribution in [2.45, 2.75) is 0 Å². The smallest absolute Gasteiger partial charge is 0.158 e. The first kappa shape index (κ1) is 9.80. The van der Waals surface area contributed by atoms with Crippen molar-refractivity contribution >= 4 is 42.6 Å². The molecule has 0 bridgehead atoms. The fraction of sp³-hybridized carbons (Fsp3) is 0. The highest BCUT2D eigenvalue weighted by molar-refractivity contribution is 9.13. The third-order valence-corrected chi connectivity index (χ3v) is 3.82. The molecule has 0 radical (unpaired) electrons. The average molecular weight is 318 g/mol. The van der Waals surface area contributed by atoms with Gasteiger partial charge in [0.2, 0.25) is 0 Å². The zero-order valence-electron chi connectivity index (χ0n) is 6.96. The Balaban J connectivity index is 2.83. The van der Waals surface area contributed by atoms with Crippen LogP contribution in [0, 0.1) is 0 Å². The predicted molar refractivity (Wildman–Crippen MR) is 62.7 cm³/mol. The summed E-state index contributed by atoms with van der Waals surface area (Å²) >= 11 is 6.74. The molecule has 2 aromatic carbocycles. The van der Waals surface area contributed by atoms with Gasteiger partial charge in [0.25, 0.3) is 0 Å². The Hall–Kier alpha value is -0.740. The molecule has 0 aliphatic heterocycles. The number of phenols is 2. The standard InChI is InChI=1S/C10H6Br2O2/c11-7-1-5-3-9(13)10(14)4-6(5)2-8(7)12/h1-4,13-14H. The summed E-state index contributed by atoms with van der Waals surface area (Å²) in [6.07, 6.45) is 0. The molecule has 2 rings (SSSR count). The van der Waals surface area contributed by atoms with E-state index in [0.717, 1.165) is 19.7 Å². The zero-order valence-corrected chi connectivity index (χ0v) is 10.1. The summed E-state index contributed by atoms with van der Waals surface area (Å²) in [4.78, 5) is 0. The molecule has 2 aromatic rings. The van der Waals surface area contributed by atoms with Crippen molar-refractivity contribution in [1.82, 2.24) is 0 Å². The van der Waals surface area contributed by atoms with Crippen molar-refractivity contribution in [2.75, 3.05) is 0 Å². The van der Waals surface area contributed by atoms with Gasteiger partial charge < -0.3 is 10.2 Å². The van der Waals surface area contributed by atoms with E-state index < -0.39 is 0 Å². The van der Waals surface area contributed by atoms with Gasteiger partial charge in [0.05, 0.1) is 0 Å².